The van der Waals surface area contributed by atoms with E-state index in [-0.39, 0.29) is 29.9 Å². The van der Waals surface area contributed by atoms with Crippen molar-refractivity contribution in [2.24, 2.45) is 0 Å². The zero-order chi connectivity index (χ0) is 23.6. The topological polar surface area (TPSA) is 66.8 Å². The summed E-state index contributed by atoms with van der Waals surface area (Å²) in [6.45, 7) is 2.80. The second kappa shape index (κ2) is 12.6. The molecule has 1 saturated heterocycles. The van der Waals surface area contributed by atoms with Gasteiger partial charge in [0.15, 0.2) is 0 Å². The van der Waals surface area contributed by atoms with Crippen molar-refractivity contribution in [1.29, 1.82) is 0 Å². The average molecular weight is 456 g/mol. The van der Waals surface area contributed by atoms with E-state index in [0.29, 0.717) is 32.4 Å². The summed E-state index contributed by atoms with van der Waals surface area (Å²) >= 11 is 0. The number of likely N-dealkylation sites (tertiary alicyclic amines) is 1. The summed E-state index contributed by atoms with van der Waals surface area (Å²) < 4.78 is 43.4. The van der Waals surface area contributed by atoms with Gasteiger partial charge in [-0.15, -0.1) is 0 Å². The molecule has 1 aliphatic rings. The first-order valence-corrected chi connectivity index (χ1v) is 11.2. The Morgan fingerprint density at radius 2 is 2.03 bits per heavy atom. The van der Waals surface area contributed by atoms with Gasteiger partial charge in [-0.05, 0) is 50.3 Å². The number of aliphatic hydroxyl groups is 1. The van der Waals surface area contributed by atoms with E-state index in [2.05, 4.69) is 0 Å². The Balaban J connectivity index is 1.77. The first-order chi connectivity index (χ1) is 15.2. The highest BCUT2D eigenvalue weighted by molar-refractivity contribution is 5.79. The maximum absolute atomic E-state index is 12.9. The van der Waals surface area contributed by atoms with Gasteiger partial charge in [0.05, 0.1) is 24.3 Å². The Morgan fingerprint density at radius 3 is 2.75 bits per heavy atom. The van der Waals surface area contributed by atoms with Crippen LogP contribution in [-0.4, -0.2) is 41.1 Å². The number of halogens is 3. The Labute approximate surface area is 187 Å². The van der Waals surface area contributed by atoms with Crippen LogP contribution < -0.4 is 0 Å². The Morgan fingerprint density at radius 1 is 1.28 bits per heavy atom. The van der Waals surface area contributed by atoms with Crippen molar-refractivity contribution in [2.45, 2.75) is 76.6 Å². The fourth-order valence-corrected chi connectivity index (χ4v) is 3.81. The molecule has 0 spiro atoms. The van der Waals surface area contributed by atoms with Crippen molar-refractivity contribution >= 4 is 11.9 Å². The number of carbonyl (C=O) groups excluding carboxylic acids is 2. The predicted molar refractivity (Wildman–Crippen MR) is 115 cm³/mol. The van der Waals surface area contributed by atoms with Gasteiger partial charge in [0.25, 0.3) is 0 Å². The lowest BCUT2D eigenvalue weighted by atomic mass is 10.0. The summed E-state index contributed by atoms with van der Waals surface area (Å²) in [7, 11) is 0. The van der Waals surface area contributed by atoms with Crippen molar-refractivity contribution in [1.82, 2.24) is 4.90 Å². The highest BCUT2D eigenvalue weighted by atomic mass is 19.4. The summed E-state index contributed by atoms with van der Waals surface area (Å²) in [6, 6.07) is 4.64. The lowest BCUT2D eigenvalue weighted by Crippen LogP contribution is -2.32. The molecule has 2 atom stereocenters. The molecule has 1 aromatic carbocycles. The molecule has 5 nitrogen and oxygen atoms in total. The fraction of sp³-hybridized carbons (Fsp3) is 0.583. The number of rotatable bonds is 12. The second-order valence-corrected chi connectivity index (χ2v) is 7.97. The molecule has 0 aliphatic carbocycles. The minimum absolute atomic E-state index is 0.0595. The van der Waals surface area contributed by atoms with Crippen LogP contribution in [0.25, 0.3) is 0 Å². The summed E-state index contributed by atoms with van der Waals surface area (Å²) in [5, 5.41) is 10.3. The van der Waals surface area contributed by atoms with Gasteiger partial charge in [-0.1, -0.05) is 37.1 Å². The highest BCUT2D eigenvalue weighted by Gasteiger charge is 2.31. The van der Waals surface area contributed by atoms with E-state index in [1.807, 2.05) is 11.0 Å². The van der Waals surface area contributed by atoms with Crippen LogP contribution in [0, 0.1) is 0 Å². The van der Waals surface area contributed by atoms with E-state index < -0.39 is 17.8 Å². The zero-order valence-corrected chi connectivity index (χ0v) is 18.4. The third-order valence-corrected chi connectivity index (χ3v) is 5.53. The van der Waals surface area contributed by atoms with Crippen LogP contribution in [0.15, 0.2) is 36.4 Å². The van der Waals surface area contributed by atoms with Crippen molar-refractivity contribution in [3.05, 3.63) is 47.5 Å². The summed E-state index contributed by atoms with van der Waals surface area (Å²) in [4.78, 5) is 25.3. The average Bonchev–Trinajstić information content (AvgIpc) is 3.09. The first kappa shape index (κ1) is 25.9. The van der Waals surface area contributed by atoms with Crippen LogP contribution in [0.4, 0.5) is 13.2 Å². The maximum Gasteiger partial charge on any atom is 0.416 e. The van der Waals surface area contributed by atoms with Crippen molar-refractivity contribution in [2.75, 3.05) is 13.2 Å². The second-order valence-electron chi connectivity index (χ2n) is 7.97. The van der Waals surface area contributed by atoms with Gasteiger partial charge >= 0.3 is 12.1 Å². The van der Waals surface area contributed by atoms with Crippen molar-refractivity contribution < 1.29 is 32.6 Å². The van der Waals surface area contributed by atoms with Crippen molar-refractivity contribution in [3.63, 3.8) is 0 Å². The highest BCUT2D eigenvalue weighted by Crippen LogP contribution is 2.31. The van der Waals surface area contributed by atoms with Gasteiger partial charge in [-0.2, -0.15) is 13.2 Å². The number of esters is 1. The molecule has 1 N–H and O–H groups in total. The smallest absolute Gasteiger partial charge is 0.416 e. The molecule has 1 heterocycles. The van der Waals surface area contributed by atoms with Crippen LogP contribution in [0.3, 0.4) is 0 Å². The van der Waals surface area contributed by atoms with Gasteiger partial charge in [0.1, 0.15) is 0 Å². The van der Waals surface area contributed by atoms with Crippen LogP contribution in [0.1, 0.15) is 75.5 Å². The fourth-order valence-electron chi connectivity index (χ4n) is 3.81. The predicted octanol–water partition coefficient (Wildman–Crippen LogP) is 5.19. The zero-order valence-electron chi connectivity index (χ0n) is 18.4. The molecule has 0 radical (unpaired) electrons. The van der Waals surface area contributed by atoms with Gasteiger partial charge in [0, 0.05) is 19.4 Å². The van der Waals surface area contributed by atoms with Crippen LogP contribution in [0.5, 0.6) is 0 Å². The number of hydrogen-bond acceptors (Lipinski definition) is 4. The van der Waals surface area contributed by atoms with Gasteiger partial charge < -0.3 is 14.7 Å². The quantitative estimate of drug-likeness (QED) is 0.268. The van der Waals surface area contributed by atoms with Crippen LogP contribution in [-0.2, 0) is 20.5 Å². The first-order valence-electron chi connectivity index (χ1n) is 11.2. The SMILES string of the molecule is CCOC(=O)CCCCCCN1C(=O)CC[C@H]1/C=C/CC(O)c1cccc(C(F)(F)F)c1. The molecule has 32 heavy (non-hydrogen) atoms. The summed E-state index contributed by atoms with van der Waals surface area (Å²) in [5.74, 6) is -0.0932. The van der Waals surface area contributed by atoms with E-state index in [9.17, 15) is 27.9 Å². The van der Waals surface area contributed by atoms with Gasteiger partial charge in [-0.25, -0.2) is 0 Å². The number of amides is 1. The van der Waals surface area contributed by atoms with E-state index in [1.165, 1.54) is 12.1 Å². The van der Waals surface area contributed by atoms with E-state index in [4.69, 9.17) is 4.74 Å². The third-order valence-electron chi connectivity index (χ3n) is 5.53. The molecule has 1 aliphatic heterocycles. The molecule has 0 aromatic heterocycles. The molecule has 2 rings (SSSR count). The Bertz CT molecular complexity index is 779. The Kier molecular flexibility index (Phi) is 10.2. The molecular formula is C24H32F3NO4. The molecule has 1 amide bonds. The molecule has 0 saturated carbocycles. The number of benzene rings is 1. The van der Waals surface area contributed by atoms with Crippen LogP contribution >= 0.6 is 0 Å². The number of hydrogen-bond donors (Lipinski definition) is 1. The summed E-state index contributed by atoms with van der Waals surface area (Å²) in [6.07, 6.45) is 3.26. The summed E-state index contributed by atoms with van der Waals surface area (Å²) in [5.41, 5.74) is -0.570. The number of carbonyl (C=O) groups is 2. The minimum Gasteiger partial charge on any atom is -0.466 e. The van der Waals surface area contributed by atoms with Gasteiger partial charge in [0.2, 0.25) is 5.91 Å². The lowest BCUT2D eigenvalue weighted by molar-refractivity contribution is -0.143. The van der Waals surface area contributed by atoms with Crippen molar-refractivity contribution in [3.8, 4) is 0 Å². The molecular weight excluding hydrogens is 423 g/mol. The largest absolute Gasteiger partial charge is 0.466 e. The number of aliphatic hydroxyl groups excluding tert-OH is 1. The maximum atomic E-state index is 12.9. The molecule has 0 bridgehead atoms. The molecule has 1 aromatic rings. The minimum atomic E-state index is -4.45. The van der Waals surface area contributed by atoms with E-state index >= 15 is 0 Å². The third kappa shape index (κ3) is 8.30. The monoisotopic (exact) mass is 455 g/mol. The normalized spacial score (nSPS) is 17.8. The number of ether oxygens (including phenoxy) is 1. The lowest BCUT2D eigenvalue weighted by Gasteiger charge is -2.22. The Hall–Kier alpha value is -2.35. The molecule has 178 valence electrons. The van der Waals surface area contributed by atoms with Crippen LogP contribution in [0.2, 0.25) is 0 Å². The van der Waals surface area contributed by atoms with E-state index in [1.54, 1.807) is 13.0 Å². The molecule has 8 heteroatoms. The number of nitrogens with zero attached hydrogens (tertiary/aromatic N) is 1. The molecule has 1 fully saturated rings. The molecule has 1 unspecified atom stereocenters. The number of alkyl halides is 3. The standard InChI is InChI=1S/C24H32F3NO4/c1-2-32-23(31)13-5-3-4-6-16-28-20(14-15-22(28)30)11-8-12-21(29)18-9-7-10-19(17-18)24(25,26)27/h7-11,17,20-21,29H,2-6,12-16H2,1H3/b11-8+/t20-,21?/m1/s1. The van der Waals surface area contributed by atoms with Gasteiger partial charge in [-0.3, -0.25) is 9.59 Å². The number of unbranched alkanes of at least 4 members (excludes halogenated alkanes) is 3. The van der Waals surface area contributed by atoms with E-state index in [0.717, 1.165) is 37.8 Å².